The van der Waals surface area contributed by atoms with Gasteiger partial charge in [0.05, 0.1) is 17.3 Å². The van der Waals surface area contributed by atoms with E-state index in [1.165, 1.54) is 0 Å². The second-order valence-electron chi connectivity index (χ2n) is 11.6. The number of anilines is 2. The molecule has 0 bridgehead atoms. The van der Waals surface area contributed by atoms with Crippen molar-refractivity contribution in [1.29, 1.82) is 0 Å². The number of hydrogen-bond donors (Lipinski definition) is 1. The quantitative estimate of drug-likeness (QED) is 0.179. The third kappa shape index (κ3) is 6.53. The van der Waals surface area contributed by atoms with E-state index in [0.717, 1.165) is 46.0 Å². The molecule has 3 heterocycles. The summed E-state index contributed by atoms with van der Waals surface area (Å²) in [5, 5.41) is 12.0. The SMILES string of the molecule is CN(C)c1cccc(C=O)c1.CN(C)c1cccc(CC2=C(c3ccc4nsnc4c3)C(=O)OC2(O)c2ccc3c(c2)OCCO3)c1. The number of rotatable bonds is 7. The monoisotopic (exact) mass is 650 g/mol. The van der Waals surface area contributed by atoms with E-state index in [2.05, 4.69) is 8.75 Å². The molecular weight excluding hydrogens is 616 g/mol. The molecule has 0 radical (unpaired) electrons. The second-order valence-corrected chi connectivity index (χ2v) is 12.1. The van der Waals surface area contributed by atoms with Crippen LogP contribution in [0.2, 0.25) is 0 Å². The van der Waals surface area contributed by atoms with Crippen molar-refractivity contribution in [3.63, 3.8) is 0 Å². The van der Waals surface area contributed by atoms with Gasteiger partial charge in [0.2, 0.25) is 0 Å². The van der Waals surface area contributed by atoms with Crippen LogP contribution in [0.4, 0.5) is 11.4 Å². The van der Waals surface area contributed by atoms with E-state index in [1.54, 1.807) is 30.3 Å². The van der Waals surface area contributed by atoms with Crippen molar-refractivity contribution in [3.05, 3.63) is 113 Å². The lowest BCUT2D eigenvalue weighted by Crippen LogP contribution is -2.30. The van der Waals surface area contributed by atoms with Crippen molar-refractivity contribution >= 4 is 52.0 Å². The van der Waals surface area contributed by atoms with Gasteiger partial charge in [-0.25, -0.2) is 4.79 Å². The molecule has 47 heavy (non-hydrogen) atoms. The minimum Gasteiger partial charge on any atom is -0.486 e. The number of aromatic nitrogens is 2. The number of nitrogens with zero attached hydrogens (tertiary/aromatic N) is 4. The lowest BCUT2D eigenvalue weighted by molar-refractivity contribution is -0.185. The summed E-state index contributed by atoms with van der Waals surface area (Å²) < 4.78 is 25.7. The molecule has 1 unspecified atom stereocenters. The van der Waals surface area contributed by atoms with Crippen LogP contribution in [0.3, 0.4) is 0 Å². The Morgan fingerprint density at radius 3 is 2.28 bits per heavy atom. The van der Waals surface area contributed by atoms with Gasteiger partial charge in [-0.2, -0.15) is 8.75 Å². The van der Waals surface area contributed by atoms with Crippen LogP contribution in [0.5, 0.6) is 11.5 Å². The predicted molar refractivity (Wildman–Crippen MR) is 182 cm³/mol. The lowest BCUT2D eigenvalue weighted by Gasteiger charge is -2.27. The van der Waals surface area contributed by atoms with E-state index >= 15 is 0 Å². The maximum absolute atomic E-state index is 13.4. The average molecular weight is 651 g/mol. The van der Waals surface area contributed by atoms with Crippen LogP contribution in [0.1, 0.15) is 27.0 Å². The Labute approximate surface area is 276 Å². The van der Waals surface area contributed by atoms with Crippen molar-refractivity contribution in [2.45, 2.75) is 12.2 Å². The molecular formula is C36H34N4O6S. The third-order valence-electron chi connectivity index (χ3n) is 7.96. The fourth-order valence-electron chi connectivity index (χ4n) is 5.49. The first-order chi connectivity index (χ1) is 22.7. The standard InChI is InChI=1S/C27H23N3O5S.C9H11NO/c1-30(2)19-5-3-4-16(12-19)13-20-25(17-6-8-21-22(14-17)29-36-28-21)26(31)35-27(20,32)18-7-9-23-24(15-18)34-11-10-33-23;1-10(2)9-5-3-4-8(6-9)7-11/h3-9,12,14-15,32H,10-11,13H2,1-2H3;3-7H,1-2H3. The van der Waals surface area contributed by atoms with Crippen LogP contribution >= 0.6 is 11.7 Å². The van der Waals surface area contributed by atoms with E-state index in [-0.39, 0.29) is 0 Å². The first-order valence-electron chi connectivity index (χ1n) is 15.0. The molecule has 0 saturated heterocycles. The number of benzene rings is 4. The summed E-state index contributed by atoms with van der Waals surface area (Å²) in [7, 11) is 7.83. The number of cyclic esters (lactones) is 1. The number of aldehydes is 1. The summed E-state index contributed by atoms with van der Waals surface area (Å²) in [4.78, 5) is 27.7. The number of ether oxygens (including phenoxy) is 3. The highest BCUT2D eigenvalue weighted by Gasteiger charge is 2.48. The Kier molecular flexibility index (Phi) is 8.93. The molecule has 0 spiro atoms. The van der Waals surface area contributed by atoms with Gasteiger partial charge in [0.1, 0.15) is 30.5 Å². The number of hydrogen-bond acceptors (Lipinski definition) is 11. The molecule has 0 saturated carbocycles. The molecule has 7 rings (SSSR count). The molecule has 0 fully saturated rings. The molecule has 11 heteroatoms. The van der Waals surface area contributed by atoms with Crippen LogP contribution in [-0.2, 0) is 21.7 Å². The average Bonchev–Trinajstić information content (AvgIpc) is 3.66. The van der Waals surface area contributed by atoms with Gasteiger partial charge in [-0.15, -0.1) is 0 Å². The summed E-state index contributed by atoms with van der Waals surface area (Å²) in [6, 6.07) is 26.0. The Morgan fingerprint density at radius 1 is 0.830 bits per heavy atom. The van der Waals surface area contributed by atoms with Crippen molar-refractivity contribution in [2.24, 2.45) is 0 Å². The predicted octanol–water partition coefficient (Wildman–Crippen LogP) is 5.49. The molecule has 240 valence electrons. The summed E-state index contributed by atoms with van der Waals surface area (Å²) in [6.07, 6.45) is 1.15. The number of carbonyl (C=O) groups excluding carboxylic acids is 2. The number of fused-ring (bicyclic) bond motifs is 2. The largest absolute Gasteiger partial charge is 0.486 e. The van der Waals surface area contributed by atoms with Gasteiger partial charge >= 0.3 is 5.97 Å². The highest BCUT2D eigenvalue weighted by atomic mass is 32.1. The lowest BCUT2D eigenvalue weighted by atomic mass is 9.87. The van der Waals surface area contributed by atoms with E-state index in [1.807, 2.05) is 92.6 Å². The zero-order valence-electron chi connectivity index (χ0n) is 26.5. The van der Waals surface area contributed by atoms with Crippen molar-refractivity contribution < 1.29 is 28.9 Å². The molecule has 10 nitrogen and oxygen atoms in total. The Hall–Kier alpha value is -5.26. The van der Waals surface area contributed by atoms with Gasteiger partial charge in [0.25, 0.3) is 5.79 Å². The smallest absolute Gasteiger partial charge is 0.342 e. The highest BCUT2D eigenvalue weighted by molar-refractivity contribution is 7.00. The second kappa shape index (κ2) is 13.2. The van der Waals surface area contributed by atoms with E-state index in [4.69, 9.17) is 14.2 Å². The van der Waals surface area contributed by atoms with Gasteiger partial charge in [-0.1, -0.05) is 30.3 Å². The van der Waals surface area contributed by atoms with E-state index < -0.39 is 11.8 Å². The van der Waals surface area contributed by atoms with Crippen molar-refractivity contribution in [3.8, 4) is 11.5 Å². The molecule has 2 aliphatic heterocycles. The summed E-state index contributed by atoms with van der Waals surface area (Å²) in [5.74, 6) is -1.50. The minimum absolute atomic E-state index is 0.293. The topological polar surface area (TPSA) is 114 Å². The zero-order chi connectivity index (χ0) is 33.1. The number of aliphatic hydroxyl groups is 1. The third-order valence-corrected chi connectivity index (χ3v) is 8.52. The first kappa shape index (κ1) is 31.7. The minimum atomic E-state index is -1.98. The van der Waals surface area contributed by atoms with Crippen LogP contribution in [0, 0.1) is 0 Å². The highest BCUT2D eigenvalue weighted by Crippen LogP contribution is 2.47. The normalized spacial score (nSPS) is 16.7. The molecule has 4 aromatic carbocycles. The van der Waals surface area contributed by atoms with E-state index in [9.17, 15) is 14.7 Å². The fourth-order valence-corrected chi connectivity index (χ4v) is 6.01. The Bertz CT molecular complexity index is 1990. The number of esters is 1. The number of carbonyl (C=O) groups is 2. The van der Waals surface area contributed by atoms with Gasteiger partial charge in [-0.05, 0) is 65.7 Å². The molecule has 2 aliphatic rings. The van der Waals surface area contributed by atoms with Gasteiger partial charge in [0, 0.05) is 62.7 Å². The van der Waals surface area contributed by atoms with Crippen LogP contribution in [0.25, 0.3) is 16.6 Å². The molecule has 1 aromatic heterocycles. The first-order valence-corrected chi connectivity index (χ1v) is 15.7. The van der Waals surface area contributed by atoms with Crippen LogP contribution in [0.15, 0.2) is 90.5 Å². The van der Waals surface area contributed by atoms with Crippen LogP contribution < -0.4 is 19.3 Å². The Morgan fingerprint density at radius 2 is 1.53 bits per heavy atom. The van der Waals surface area contributed by atoms with Gasteiger partial charge < -0.3 is 29.1 Å². The molecule has 1 N–H and O–H groups in total. The fraction of sp³-hybridized carbons (Fsp3) is 0.222. The molecule has 0 amide bonds. The molecule has 1 atom stereocenters. The molecule has 0 aliphatic carbocycles. The maximum atomic E-state index is 13.4. The summed E-state index contributed by atoms with van der Waals surface area (Å²) in [5.41, 5.74) is 6.92. The van der Waals surface area contributed by atoms with Crippen LogP contribution in [-0.4, -0.2) is 67.5 Å². The maximum Gasteiger partial charge on any atom is 0.342 e. The van der Waals surface area contributed by atoms with Crippen molar-refractivity contribution in [2.75, 3.05) is 51.2 Å². The Balaban J connectivity index is 0.000000300. The van der Waals surface area contributed by atoms with Gasteiger partial charge in [-0.3, -0.25) is 4.79 Å². The van der Waals surface area contributed by atoms with Gasteiger partial charge in [0.15, 0.2) is 11.5 Å². The van der Waals surface area contributed by atoms with Crippen molar-refractivity contribution in [1.82, 2.24) is 8.75 Å². The zero-order valence-corrected chi connectivity index (χ0v) is 27.3. The summed E-state index contributed by atoms with van der Waals surface area (Å²) in [6.45, 7) is 0.860. The van der Waals surface area contributed by atoms with E-state index in [0.29, 0.717) is 58.9 Å². The molecule has 5 aromatic rings. The summed E-state index contributed by atoms with van der Waals surface area (Å²) >= 11 is 1.11.